The molecule has 0 aliphatic heterocycles. The van der Waals surface area contributed by atoms with E-state index in [1.54, 1.807) is 5.57 Å². The number of aliphatic hydroxyl groups is 2. The van der Waals surface area contributed by atoms with Gasteiger partial charge >= 0.3 is 0 Å². The molecule has 23 heavy (non-hydrogen) atoms. The normalized spacial score (nSPS) is 55.6. The average molecular weight is 430 g/mol. The molecular weight excluding hydrogens is 399 g/mol. The van der Waals surface area contributed by atoms with Gasteiger partial charge in [-0.05, 0) is 79.4 Å². The predicted molar refractivity (Wildman–Crippen MR) is 101 cm³/mol. The molecule has 0 aromatic carbocycles. The summed E-state index contributed by atoms with van der Waals surface area (Å²) in [6.07, 6.45) is 10.1. The molecule has 0 aromatic heterocycles. The van der Waals surface area contributed by atoms with Crippen molar-refractivity contribution in [1.29, 1.82) is 0 Å². The summed E-state index contributed by atoms with van der Waals surface area (Å²) in [6, 6.07) is 0. The van der Waals surface area contributed by atoms with Crippen molar-refractivity contribution in [3.05, 3.63) is 11.6 Å². The first-order valence-electron chi connectivity index (χ1n) is 9.53. The Balaban J connectivity index is 1.75. The fourth-order valence-corrected chi connectivity index (χ4v) is 7.76. The van der Waals surface area contributed by atoms with E-state index in [1.165, 1.54) is 23.7 Å². The van der Waals surface area contributed by atoms with Crippen LogP contribution in [0.5, 0.6) is 0 Å². The van der Waals surface area contributed by atoms with Crippen LogP contribution >= 0.6 is 22.6 Å². The maximum Gasteiger partial charge on any atom is 0.0596 e. The largest absolute Gasteiger partial charge is 0.393 e. The molecular formula is C20H31IO2. The van der Waals surface area contributed by atoms with Gasteiger partial charge in [0.2, 0.25) is 0 Å². The van der Waals surface area contributed by atoms with Crippen molar-refractivity contribution in [3.63, 3.8) is 0 Å². The van der Waals surface area contributed by atoms with Crippen LogP contribution < -0.4 is 0 Å². The zero-order valence-corrected chi connectivity index (χ0v) is 16.6. The molecule has 0 radical (unpaired) electrons. The highest BCUT2D eigenvalue weighted by Gasteiger charge is 2.60. The molecule has 2 nitrogen and oxygen atoms in total. The van der Waals surface area contributed by atoms with Crippen molar-refractivity contribution in [2.75, 3.05) is 4.43 Å². The standard InChI is InChI=1S/C20H31IO2/c1-19-7-5-14(22)10-13(19)9-12(11-21)18-15-3-4-17(23)20(15,2)8-6-16(18)19/h9,12,14-18,22-23H,3-8,10-11H2,1-2H3/t12-,14+,15+,16+,17+,18+,19+,20+/m1/s1. The lowest BCUT2D eigenvalue weighted by Gasteiger charge is -2.59. The van der Waals surface area contributed by atoms with Gasteiger partial charge < -0.3 is 10.2 Å². The number of hydrogen-bond donors (Lipinski definition) is 2. The number of hydrogen-bond acceptors (Lipinski definition) is 2. The molecule has 4 aliphatic carbocycles. The Morgan fingerprint density at radius 3 is 2.61 bits per heavy atom. The Labute approximate surface area is 154 Å². The fourth-order valence-electron chi connectivity index (χ4n) is 6.92. The summed E-state index contributed by atoms with van der Waals surface area (Å²) >= 11 is 2.56. The first-order chi connectivity index (χ1) is 10.9. The molecule has 130 valence electrons. The van der Waals surface area contributed by atoms with Crippen LogP contribution in [0.4, 0.5) is 0 Å². The van der Waals surface area contributed by atoms with Gasteiger partial charge in [-0.25, -0.2) is 0 Å². The van der Waals surface area contributed by atoms with Gasteiger partial charge in [0, 0.05) is 4.43 Å². The highest BCUT2D eigenvalue weighted by Crippen LogP contribution is 2.66. The number of fused-ring (bicyclic) bond motifs is 5. The van der Waals surface area contributed by atoms with E-state index in [-0.39, 0.29) is 17.6 Å². The van der Waals surface area contributed by atoms with E-state index in [4.69, 9.17) is 0 Å². The molecule has 0 bridgehead atoms. The first-order valence-corrected chi connectivity index (χ1v) is 11.1. The fraction of sp³-hybridized carbons (Fsp3) is 0.900. The lowest BCUT2D eigenvalue weighted by atomic mass is 9.46. The first kappa shape index (κ1) is 16.8. The molecule has 0 heterocycles. The van der Waals surface area contributed by atoms with Gasteiger partial charge in [0.25, 0.3) is 0 Å². The second-order valence-corrected chi connectivity index (χ2v) is 10.1. The lowest BCUT2D eigenvalue weighted by Crippen LogP contribution is -2.54. The van der Waals surface area contributed by atoms with Gasteiger partial charge in [-0.3, -0.25) is 0 Å². The second kappa shape index (κ2) is 5.70. The monoisotopic (exact) mass is 430 g/mol. The summed E-state index contributed by atoms with van der Waals surface area (Å²) < 4.78 is 1.18. The maximum absolute atomic E-state index is 10.6. The van der Waals surface area contributed by atoms with Gasteiger partial charge in [0.05, 0.1) is 12.2 Å². The van der Waals surface area contributed by atoms with Crippen LogP contribution in [-0.4, -0.2) is 26.8 Å². The molecule has 8 atom stereocenters. The van der Waals surface area contributed by atoms with E-state index in [9.17, 15) is 10.2 Å². The zero-order chi connectivity index (χ0) is 16.4. The summed E-state index contributed by atoms with van der Waals surface area (Å²) in [5.41, 5.74) is 2.02. The van der Waals surface area contributed by atoms with Crippen molar-refractivity contribution in [2.45, 2.75) is 71.0 Å². The molecule has 2 N–H and O–H groups in total. The van der Waals surface area contributed by atoms with E-state index in [0.717, 1.165) is 37.5 Å². The molecule has 0 saturated heterocycles. The Morgan fingerprint density at radius 1 is 1.09 bits per heavy atom. The molecule has 3 fully saturated rings. The van der Waals surface area contributed by atoms with E-state index in [1.807, 2.05) is 0 Å². The van der Waals surface area contributed by atoms with Crippen LogP contribution in [0.25, 0.3) is 0 Å². The summed E-state index contributed by atoms with van der Waals surface area (Å²) in [5.74, 6) is 2.84. The molecule has 0 spiro atoms. The minimum Gasteiger partial charge on any atom is -0.393 e. The number of halogens is 1. The zero-order valence-electron chi connectivity index (χ0n) is 14.5. The van der Waals surface area contributed by atoms with Crippen LogP contribution in [-0.2, 0) is 0 Å². The van der Waals surface area contributed by atoms with E-state index >= 15 is 0 Å². The summed E-state index contributed by atoms with van der Waals surface area (Å²) in [4.78, 5) is 0. The van der Waals surface area contributed by atoms with E-state index in [0.29, 0.717) is 17.3 Å². The smallest absolute Gasteiger partial charge is 0.0596 e. The number of allylic oxidation sites excluding steroid dienone is 1. The third-order valence-corrected chi connectivity index (χ3v) is 9.39. The van der Waals surface area contributed by atoms with Crippen LogP contribution in [0.2, 0.25) is 0 Å². The number of alkyl halides is 1. The van der Waals surface area contributed by atoms with Crippen LogP contribution in [0, 0.1) is 34.5 Å². The highest BCUT2D eigenvalue weighted by atomic mass is 127. The van der Waals surface area contributed by atoms with Crippen molar-refractivity contribution >= 4 is 22.6 Å². The van der Waals surface area contributed by atoms with Gasteiger partial charge in [-0.15, -0.1) is 0 Å². The van der Waals surface area contributed by atoms with E-state index < -0.39 is 0 Å². The summed E-state index contributed by atoms with van der Waals surface area (Å²) in [6.45, 7) is 4.85. The second-order valence-electron chi connectivity index (χ2n) is 9.25. The highest BCUT2D eigenvalue weighted by molar-refractivity contribution is 14.1. The Kier molecular flexibility index (Phi) is 4.17. The number of aliphatic hydroxyl groups excluding tert-OH is 2. The Morgan fingerprint density at radius 2 is 1.87 bits per heavy atom. The third-order valence-electron chi connectivity index (χ3n) is 8.37. The van der Waals surface area contributed by atoms with E-state index in [2.05, 4.69) is 42.5 Å². The summed E-state index contributed by atoms with van der Waals surface area (Å²) in [7, 11) is 0. The molecule has 4 rings (SSSR count). The Bertz CT molecular complexity index is 518. The summed E-state index contributed by atoms with van der Waals surface area (Å²) in [5, 5.41) is 20.8. The van der Waals surface area contributed by atoms with Crippen molar-refractivity contribution in [1.82, 2.24) is 0 Å². The van der Waals surface area contributed by atoms with Gasteiger partial charge in [-0.2, -0.15) is 0 Å². The molecule has 3 heteroatoms. The maximum atomic E-state index is 10.6. The molecule has 4 aliphatic rings. The van der Waals surface area contributed by atoms with Gasteiger partial charge in [0.1, 0.15) is 0 Å². The predicted octanol–water partition coefficient (Wildman–Crippen LogP) is 4.33. The van der Waals surface area contributed by atoms with Crippen LogP contribution in [0.3, 0.4) is 0 Å². The minimum atomic E-state index is -0.122. The molecule has 0 unspecified atom stereocenters. The quantitative estimate of drug-likeness (QED) is 0.369. The van der Waals surface area contributed by atoms with Gasteiger partial charge in [0.15, 0.2) is 0 Å². The molecule has 3 saturated carbocycles. The molecule has 0 amide bonds. The SMILES string of the molecule is C[C@]12CC[C@H]3[C@@H]([C@@H](CI)C=C4C[C@@H](O)CC[C@@]43C)[C@@H]1CC[C@@H]2O. The average Bonchev–Trinajstić information content (AvgIpc) is 2.83. The Hall–Kier alpha value is 0.390. The topological polar surface area (TPSA) is 40.5 Å². The van der Waals surface area contributed by atoms with Crippen molar-refractivity contribution in [3.8, 4) is 0 Å². The van der Waals surface area contributed by atoms with Gasteiger partial charge in [-0.1, -0.05) is 48.1 Å². The van der Waals surface area contributed by atoms with Crippen molar-refractivity contribution < 1.29 is 10.2 Å². The van der Waals surface area contributed by atoms with Crippen LogP contribution in [0.15, 0.2) is 11.6 Å². The molecule has 0 aromatic rings. The minimum absolute atomic E-state index is 0.0883. The number of rotatable bonds is 1. The van der Waals surface area contributed by atoms with Crippen molar-refractivity contribution in [2.24, 2.45) is 34.5 Å². The van der Waals surface area contributed by atoms with Crippen LogP contribution in [0.1, 0.15) is 58.8 Å². The third kappa shape index (κ3) is 2.32. The lowest BCUT2D eigenvalue weighted by molar-refractivity contribution is -0.0837.